The summed E-state index contributed by atoms with van der Waals surface area (Å²) in [6, 6.07) is 0. The fourth-order valence-corrected chi connectivity index (χ4v) is 0.865. The van der Waals surface area contributed by atoms with Crippen molar-refractivity contribution in [3.05, 3.63) is 34.4 Å². The highest BCUT2D eigenvalue weighted by atomic mass is 35.5. The van der Waals surface area contributed by atoms with Crippen molar-refractivity contribution in [2.24, 2.45) is 5.73 Å². The van der Waals surface area contributed by atoms with Crippen molar-refractivity contribution in [1.82, 2.24) is 0 Å². The van der Waals surface area contributed by atoms with Crippen molar-refractivity contribution in [3.8, 4) is 0 Å². The number of rotatable bonds is 3. The minimum absolute atomic E-state index is 0.414. The van der Waals surface area contributed by atoms with E-state index in [1.165, 1.54) is 0 Å². The van der Waals surface area contributed by atoms with E-state index in [-0.39, 0.29) is 0 Å². The first-order valence-electron chi connectivity index (χ1n) is 3.18. The van der Waals surface area contributed by atoms with Crippen LogP contribution in [-0.4, -0.2) is 6.54 Å². The van der Waals surface area contributed by atoms with Gasteiger partial charge in [-0.3, -0.25) is 0 Å². The lowest BCUT2D eigenvalue weighted by Crippen LogP contribution is -1.94. The first-order chi connectivity index (χ1) is 5.13. The van der Waals surface area contributed by atoms with E-state index in [4.69, 9.17) is 28.9 Å². The lowest BCUT2D eigenvalue weighted by molar-refractivity contribution is 1.24. The molecule has 0 amide bonds. The molecule has 0 bridgehead atoms. The highest BCUT2D eigenvalue weighted by Gasteiger charge is 1.98. The molecular weight excluding hydrogens is 181 g/mol. The molecule has 11 heavy (non-hydrogen) atoms. The van der Waals surface area contributed by atoms with E-state index < -0.39 is 0 Å². The van der Waals surface area contributed by atoms with Crippen LogP contribution in [-0.2, 0) is 0 Å². The number of hydrogen-bond donors (Lipinski definition) is 1. The first kappa shape index (κ1) is 10.8. The molecule has 1 nitrogen and oxygen atoms in total. The van der Waals surface area contributed by atoms with Gasteiger partial charge in [0.15, 0.2) is 0 Å². The molecular formula is C8H11Cl2N. The Hall–Kier alpha value is -0.240. The van der Waals surface area contributed by atoms with Gasteiger partial charge < -0.3 is 5.73 Å². The van der Waals surface area contributed by atoms with Gasteiger partial charge in [0, 0.05) is 16.6 Å². The summed E-state index contributed by atoms with van der Waals surface area (Å²) < 4.78 is 0. The van der Waals surface area contributed by atoms with Gasteiger partial charge in [0.1, 0.15) is 0 Å². The van der Waals surface area contributed by atoms with Crippen molar-refractivity contribution in [3.63, 3.8) is 0 Å². The molecule has 0 aliphatic rings. The normalized spacial score (nSPS) is 14.4. The van der Waals surface area contributed by atoms with Crippen LogP contribution in [0, 0.1) is 0 Å². The topological polar surface area (TPSA) is 26.0 Å². The third-order valence-corrected chi connectivity index (χ3v) is 2.07. The zero-order valence-corrected chi connectivity index (χ0v) is 7.91. The number of nitrogens with two attached hydrogens (primary N) is 1. The molecule has 0 aromatic carbocycles. The van der Waals surface area contributed by atoms with Crippen molar-refractivity contribution >= 4 is 23.2 Å². The molecule has 2 N–H and O–H groups in total. The maximum Gasteiger partial charge on any atom is 0.0444 e. The Balaban J connectivity index is 4.59. The monoisotopic (exact) mass is 191 g/mol. The molecule has 62 valence electrons. The quantitative estimate of drug-likeness (QED) is 0.683. The Morgan fingerprint density at radius 2 is 2.09 bits per heavy atom. The second kappa shape index (κ2) is 5.42. The largest absolute Gasteiger partial charge is 0.327 e. The van der Waals surface area contributed by atoms with Crippen LogP contribution in [0.25, 0.3) is 0 Å². The summed E-state index contributed by atoms with van der Waals surface area (Å²) in [5.74, 6) is 0. The van der Waals surface area contributed by atoms with Gasteiger partial charge in [-0.25, -0.2) is 0 Å². The van der Waals surface area contributed by atoms with Crippen LogP contribution in [0.2, 0.25) is 0 Å². The lowest BCUT2D eigenvalue weighted by Gasteiger charge is -1.99. The molecule has 0 aliphatic heterocycles. The third kappa shape index (κ3) is 3.61. The Morgan fingerprint density at radius 3 is 2.45 bits per heavy atom. The molecule has 0 saturated heterocycles. The molecule has 0 atom stereocenters. The number of allylic oxidation sites excluding steroid dienone is 4. The minimum Gasteiger partial charge on any atom is -0.327 e. The van der Waals surface area contributed by atoms with Crippen molar-refractivity contribution < 1.29 is 0 Å². The Kier molecular flexibility index (Phi) is 5.30. The van der Waals surface area contributed by atoms with Gasteiger partial charge in [0.2, 0.25) is 0 Å². The second-order valence-electron chi connectivity index (χ2n) is 1.96. The van der Waals surface area contributed by atoms with E-state index in [9.17, 15) is 0 Å². The molecule has 0 radical (unpaired) electrons. The Bertz CT molecular complexity index is 204. The highest BCUT2D eigenvalue weighted by molar-refractivity contribution is 6.36. The van der Waals surface area contributed by atoms with Gasteiger partial charge in [-0.1, -0.05) is 41.9 Å². The summed E-state index contributed by atoms with van der Waals surface area (Å²) in [6.07, 6.45) is 3.24. The molecule has 0 aliphatic carbocycles. The van der Waals surface area contributed by atoms with Gasteiger partial charge in [0.05, 0.1) is 0 Å². The summed E-state index contributed by atoms with van der Waals surface area (Å²) in [4.78, 5) is 0. The average molecular weight is 192 g/mol. The summed E-state index contributed by atoms with van der Waals surface area (Å²) in [7, 11) is 0. The van der Waals surface area contributed by atoms with Gasteiger partial charge >= 0.3 is 0 Å². The van der Waals surface area contributed by atoms with Gasteiger partial charge in [-0.2, -0.15) is 0 Å². The molecule has 0 rings (SSSR count). The van der Waals surface area contributed by atoms with Crippen LogP contribution < -0.4 is 5.73 Å². The Morgan fingerprint density at radius 1 is 1.55 bits per heavy atom. The molecule has 0 aromatic heterocycles. The fraction of sp³-hybridized carbons (Fsp3) is 0.250. The van der Waals surface area contributed by atoms with Crippen molar-refractivity contribution in [2.45, 2.75) is 6.92 Å². The maximum absolute atomic E-state index is 5.80. The standard InChI is InChI=1S/C8H11Cl2N/c1-3-7(9)6(2)8(10)4-5-11/h3-4H,1,5,11H2,2H3/b7-6+,8-4+. The molecule has 0 saturated carbocycles. The molecule has 0 heterocycles. The summed E-state index contributed by atoms with van der Waals surface area (Å²) in [6.45, 7) is 5.75. The first-order valence-corrected chi connectivity index (χ1v) is 3.94. The van der Waals surface area contributed by atoms with Crippen LogP contribution in [0.4, 0.5) is 0 Å². The molecule has 0 fully saturated rings. The third-order valence-electron chi connectivity index (χ3n) is 1.19. The second-order valence-corrected chi connectivity index (χ2v) is 2.78. The summed E-state index contributed by atoms with van der Waals surface area (Å²) in [5.41, 5.74) is 6.06. The molecule has 0 aromatic rings. The highest BCUT2D eigenvalue weighted by Crippen LogP contribution is 2.20. The van der Waals surface area contributed by atoms with Gasteiger partial charge in [-0.05, 0) is 12.5 Å². The van der Waals surface area contributed by atoms with E-state index in [1.807, 2.05) is 6.92 Å². The van der Waals surface area contributed by atoms with E-state index in [0.717, 1.165) is 5.57 Å². The molecule has 3 heteroatoms. The van der Waals surface area contributed by atoms with Crippen LogP contribution in [0.5, 0.6) is 0 Å². The zero-order valence-electron chi connectivity index (χ0n) is 6.40. The van der Waals surface area contributed by atoms with Crippen LogP contribution in [0.15, 0.2) is 34.4 Å². The van der Waals surface area contributed by atoms with Crippen LogP contribution in [0.3, 0.4) is 0 Å². The SMILES string of the molecule is C=C/C(Cl)=C(C)\C(Cl)=C/CN. The molecule has 0 spiro atoms. The maximum atomic E-state index is 5.80. The number of hydrogen-bond acceptors (Lipinski definition) is 1. The van der Waals surface area contributed by atoms with Gasteiger partial charge in [-0.15, -0.1) is 0 Å². The van der Waals surface area contributed by atoms with Crippen LogP contribution in [0.1, 0.15) is 6.92 Å². The van der Waals surface area contributed by atoms with Gasteiger partial charge in [0.25, 0.3) is 0 Å². The molecule has 0 unspecified atom stereocenters. The average Bonchev–Trinajstić information content (AvgIpc) is 2.02. The summed E-state index contributed by atoms with van der Waals surface area (Å²) >= 11 is 11.5. The van der Waals surface area contributed by atoms with Crippen LogP contribution >= 0.6 is 23.2 Å². The minimum atomic E-state index is 0.414. The lowest BCUT2D eigenvalue weighted by atomic mass is 10.2. The smallest absolute Gasteiger partial charge is 0.0444 e. The Labute approximate surface area is 77.2 Å². The van der Waals surface area contributed by atoms with E-state index in [2.05, 4.69) is 6.58 Å². The summed E-state index contributed by atoms with van der Waals surface area (Å²) in [5, 5.41) is 1.14. The predicted molar refractivity (Wildman–Crippen MR) is 51.7 cm³/mol. The zero-order chi connectivity index (χ0) is 8.85. The number of halogens is 2. The predicted octanol–water partition coefficient (Wildman–Crippen LogP) is 2.77. The van der Waals surface area contributed by atoms with Crippen molar-refractivity contribution in [2.75, 3.05) is 6.54 Å². The van der Waals surface area contributed by atoms with E-state index in [0.29, 0.717) is 16.6 Å². The fourth-order valence-electron chi connectivity index (χ4n) is 0.524. The van der Waals surface area contributed by atoms with Crippen molar-refractivity contribution in [1.29, 1.82) is 0 Å². The van der Waals surface area contributed by atoms with E-state index in [1.54, 1.807) is 12.2 Å². The van der Waals surface area contributed by atoms with E-state index >= 15 is 0 Å².